The lowest BCUT2D eigenvalue weighted by Gasteiger charge is -2.29. The van der Waals surface area contributed by atoms with E-state index in [1.165, 1.54) is 35.9 Å². The molecule has 89 heavy (non-hydrogen) atoms. The van der Waals surface area contributed by atoms with Crippen molar-refractivity contribution in [3.63, 3.8) is 0 Å². The molecule has 0 radical (unpaired) electrons. The minimum absolute atomic E-state index is 0.0680. The van der Waals surface area contributed by atoms with Crippen molar-refractivity contribution in [2.24, 2.45) is 10.8 Å². The van der Waals surface area contributed by atoms with Gasteiger partial charge in [-0.05, 0) is 118 Å². The third-order valence-electron chi connectivity index (χ3n) is 13.6. The van der Waals surface area contributed by atoms with Gasteiger partial charge >= 0.3 is 0 Å². The Kier molecular flexibility index (Phi) is 31.6. The number of halogens is 2. The normalized spacial score (nSPS) is 11.4. The van der Waals surface area contributed by atoms with Crippen LogP contribution in [-0.2, 0) is 42.1 Å². The van der Waals surface area contributed by atoms with Gasteiger partial charge in [0.05, 0.1) is 5.41 Å². The van der Waals surface area contributed by atoms with E-state index in [4.69, 9.17) is 0 Å². The van der Waals surface area contributed by atoms with Crippen molar-refractivity contribution in [3.05, 3.63) is 371 Å². The minimum atomic E-state index is -1.26. The molecule has 8 heteroatoms. The molecule has 0 fully saturated rings. The maximum Gasteiger partial charge on any atom is 0.182 e. The summed E-state index contributed by atoms with van der Waals surface area (Å²) < 4.78 is 0. The summed E-state index contributed by atoms with van der Waals surface area (Å²) in [6.45, 7) is 3.31. The van der Waals surface area contributed by atoms with Crippen LogP contribution in [-0.4, -0.2) is 39.0 Å². The van der Waals surface area contributed by atoms with E-state index in [1.54, 1.807) is 62.5 Å². The van der Waals surface area contributed by atoms with Crippen molar-refractivity contribution in [2.75, 3.05) is 4.93 Å². The number of alkyl halides is 2. The van der Waals surface area contributed by atoms with Crippen LogP contribution in [0, 0.1) is 10.8 Å². The monoisotopic (exact) mass is 1350 g/mol. The van der Waals surface area contributed by atoms with Crippen LogP contribution < -0.4 is 0 Å². The highest BCUT2D eigenvalue weighted by Crippen LogP contribution is 2.33. The fourth-order valence-corrected chi connectivity index (χ4v) is 8.89. The molecule has 448 valence electrons. The van der Waals surface area contributed by atoms with Gasteiger partial charge in [-0.2, -0.15) is 0 Å². The number of benzene rings is 9. The first-order chi connectivity index (χ1) is 43.3. The first-order valence-corrected chi connectivity index (χ1v) is 32.2. The molecule has 9 rings (SSSR count). The van der Waals surface area contributed by atoms with Crippen molar-refractivity contribution < 1.29 is 29.1 Å². The molecule has 0 aliphatic rings. The Morgan fingerprint density at radius 1 is 0.337 bits per heavy atom. The standard InChI is InChI=1S/C33H28O2.C21H20O2.C19H16O2.C7H7Br.CH3I/c34-31(23-21-27-13-5-1-6-14-27)33(25-29-17-9-3-10-18-29,26-30-19-11-4-12-20-30)32(35)24-22-28-15-7-2-8-16-28;1-21(2,19(22)15-13-17-9-5-3-6-10-17)20(23)16-14-18-11-7-4-8-12-18;20-18(13-11-16-7-3-1-4-8-16)15-19(21)14-12-17-9-5-2-6-10-17;8-6-7-4-2-1-3-5-7;1-2/h1-24H,25-26H2;3-16H,1-2H3;1-15,20H;1-5H,6H2;1H3/b23-21+,24-22+;15-13+,16-14+;13-11+,14-12+,18-15-;;. The second-order valence-corrected chi connectivity index (χ2v) is 21.1. The van der Waals surface area contributed by atoms with Crippen LogP contribution >= 0.6 is 38.5 Å². The third kappa shape index (κ3) is 26.2. The first kappa shape index (κ1) is 70.3. The van der Waals surface area contributed by atoms with Crippen LogP contribution in [0.2, 0.25) is 0 Å². The van der Waals surface area contributed by atoms with Crippen LogP contribution in [0.15, 0.2) is 321 Å². The summed E-state index contributed by atoms with van der Waals surface area (Å²) in [7, 11) is 0. The zero-order valence-corrected chi connectivity index (χ0v) is 54.1. The minimum Gasteiger partial charge on any atom is -0.508 e. The molecule has 0 atom stereocenters. The van der Waals surface area contributed by atoms with Crippen LogP contribution in [0.4, 0.5) is 0 Å². The van der Waals surface area contributed by atoms with Gasteiger partial charge in [0.25, 0.3) is 0 Å². The lowest BCUT2D eigenvalue weighted by Crippen LogP contribution is -2.42. The van der Waals surface area contributed by atoms with Gasteiger partial charge in [-0.3, -0.25) is 24.0 Å². The van der Waals surface area contributed by atoms with Crippen molar-refractivity contribution >= 4 is 104 Å². The molecule has 0 aliphatic carbocycles. The predicted molar refractivity (Wildman–Crippen MR) is 384 cm³/mol. The number of aliphatic hydroxyl groups excluding tert-OH is 1. The van der Waals surface area contributed by atoms with Crippen LogP contribution in [0.25, 0.3) is 36.5 Å². The molecule has 9 aromatic carbocycles. The Hall–Kier alpha value is -9.48. The summed E-state index contributed by atoms with van der Waals surface area (Å²) in [6, 6.07) is 87.4. The average molecular weight is 1350 g/mol. The van der Waals surface area contributed by atoms with E-state index >= 15 is 0 Å². The van der Waals surface area contributed by atoms with E-state index < -0.39 is 10.8 Å². The highest BCUT2D eigenvalue weighted by molar-refractivity contribution is 14.1. The fraction of sp³-hybridized carbons (Fsp3) is 0.0988. The fourth-order valence-electron chi connectivity index (χ4n) is 8.52. The number of carbonyl (C=O) groups is 5. The molecule has 0 amide bonds. The van der Waals surface area contributed by atoms with Crippen molar-refractivity contribution in [2.45, 2.75) is 32.0 Å². The zero-order valence-electron chi connectivity index (χ0n) is 50.4. The van der Waals surface area contributed by atoms with Crippen LogP contribution in [0.5, 0.6) is 0 Å². The van der Waals surface area contributed by atoms with Gasteiger partial charge in [0, 0.05) is 11.4 Å². The van der Waals surface area contributed by atoms with E-state index in [-0.39, 0.29) is 34.7 Å². The van der Waals surface area contributed by atoms with Crippen LogP contribution in [0.1, 0.15) is 63.9 Å². The quantitative estimate of drug-likeness (QED) is 0.0181. The summed E-state index contributed by atoms with van der Waals surface area (Å²) in [5.41, 5.74) is 6.50. The van der Waals surface area contributed by atoms with Crippen molar-refractivity contribution in [1.82, 2.24) is 0 Å². The largest absolute Gasteiger partial charge is 0.508 e. The van der Waals surface area contributed by atoms with Crippen molar-refractivity contribution in [1.29, 1.82) is 0 Å². The van der Waals surface area contributed by atoms with Gasteiger partial charge < -0.3 is 5.11 Å². The molecule has 0 bridgehead atoms. The maximum absolute atomic E-state index is 14.0. The summed E-state index contributed by atoms with van der Waals surface area (Å²) in [4.78, 5) is 66.3. The Morgan fingerprint density at radius 2 is 0.562 bits per heavy atom. The number of carbonyl (C=O) groups excluding carboxylic acids is 5. The lowest BCUT2D eigenvalue weighted by molar-refractivity contribution is -0.135. The van der Waals surface area contributed by atoms with E-state index in [2.05, 4.69) is 50.7 Å². The summed E-state index contributed by atoms with van der Waals surface area (Å²) >= 11 is 5.51. The number of allylic oxidation sites excluding steroid dienone is 7. The van der Waals surface area contributed by atoms with Gasteiger partial charge in [0.15, 0.2) is 28.9 Å². The second-order valence-electron chi connectivity index (χ2n) is 20.5. The third-order valence-corrected chi connectivity index (χ3v) is 14.2. The van der Waals surface area contributed by atoms with Gasteiger partial charge in [0.2, 0.25) is 0 Å². The summed E-state index contributed by atoms with van der Waals surface area (Å²) in [6.07, 6.45) is 21.4. The zero-order chi connectivity index (χ0) is 63.8. The van der Waals surface area contributed by atoms with E-state index in [0.29, 0.717) is 12.8 Å². The Morgan fingerprint density at radius 3 is 0.820 bits per heavy atom. The molecule has 6 nitrogen and oxygen atoms in total. The maximum atomic E-state index is 14.0. The molecule has 0 saturated carbocycles. The molecular weight excluding hydrogens is 1280 g/mol. The van der Waals surface area contributed by atoms with Gasteiger partial charge in [-0.25, -0.2) is 0 Å². The summed E-state index contributed by atoms with van der Waals surface area (Å²) in [5.74, 6) is -1.13. The van der Waals surface area contributed by atoms with Crippen molar-refractivity contribution in [3.8, 4) is 0 Å². The average Bonchev–Trinajstić information content (AvgIpc) is 1.63. The smallest absolute Gasteiger partial charge is 0.182 e. The lowest BCUT2D eigenvalue weighted by atomic mass is 9.69. The van der Waals surface area contributed by atoms with E-state index in [9.17, 15) is 29.1 Å². The molecule has 9 aromatic rings. The Bertz CT molecular complexity index is 3580. The van der Waals surface area contributed by atoms with Gasteiger partial charge in [0.1, 0.15) is 11.2 Å². The van der Waals surface area contributed by atoms with E-state index in [0.717, 1.165) is 49.8 Å². The number of aliphatic hydroxyl groups is 1. The number of hydrogen-bond acceptors (Lipinski definition) is 6. The molecule has 0 aromatic heterocycles. The van der Waals surface area contributed by atoms with Crippen LogP contribution in [0.3, 0.4) is 0 Å². The SMILES string of the molecule is BrCc1ccccc1.CC(C)(C(=O)/C=C/c1ccccc1)C(=O)/C=C/c1ccccc1.CI.O=C(/C=C(O)/C=C/c1ccccc1)/C=C/c1ccccc1.O=C(/C=C/c1ccccc1)C(Cc1ccccc1)(Cc1ccccc1)C(=O)/C=C/c1ccccc1. The van der Waals surface area contributed by atoms with Gasteiger partial charge in [-0.15, -0.1) is 0 Å². The Labute approximate surface area is 548 Å². The number of rotatable bonds is 22. The topological polar surface area (TPSA) is 106 Å². The molecule has 1 N–H and O–H groups in total. The van der Waals surface area contributed by atoms with Gasteiger partial charge in [-0.1, -0.05) is 348 Å². The Balaban J connectivity index is 0.000000233. The van der Waals surface area contributed by atoms with E-state index in [1.807, 2.05) is 266 Å². The highest BCUT2D eigenvalue weighted by atomic mass is 127. The molecule has 0 unspecified atom stereocenters. The number of hydrogen-bond donors (Lipinski definition) is 1. The molecule has 0 saturated heterocycles. The first-order valence-electron chi connectivity index (χ1n) is 28.9. The second kappa shape index (κ2) is 40.1. The molecule has 0 aliphatic heterocycles. The highest BCUT2D eigenvalue weighted by Gasteiger charge is 2.43. The predicted octanol–water partition coefficient (Wildman–Crippen LogP) is 19.7. The molecule has 0 heterocycles. The molecular formula is C81H74BrIO6. The molecule has 0 spiro atoms. The number of ketones is 5. The summed E-state index contributed by atoms with van der Waals surface area (Å²) in [5, 5.41) is 10.6.